The van der Waals surface area contributed by atoms with Crippen LogP contribution in [0.2, 0.25) is 6.32 Å². The Kier molecular flexibility index (Phi) is 5.03. The molecule has 0 saturated carbocycles. The van der Waals surface area contributed by atoms with Gasteiger partial charge in [0.25, 0.3) is 0 Å². The number of esters is 1. The van der Waals surface area contributed by atoms with Gasteiger partial charge in [-0.1, -0.05) is 12.7 Å². The minimum atomic E-state index is -5.07. The highest BCUT2D eigenvalue weighted by Gasteiger charge is 2.40. The van der Waals surface area contributed by atoms with Gasteiger partial charge in [0.1, 0.15) is 0 Å². The molecule has 0 amide bonds. The van der Waals surface area contributed by atoms with Crippen molar-refractivity contribution in [2.24, 2.45) is 0 Å². The molecule has 0 aromatic carbocycles. The SMILES string of the molecule is CCOC(=O)C(F)(F)CCC[B-](F)(F)F. The van der Waals surface area contributed by atoms with Crippen molar-refractivity contribution in [3.05, 3.63) is 0 Å². The lowest BCUT2D eigenvalue weighted by molar-refractivity contribution is -0.172. The monoisotopic (exact) mass is 233 g/mol. The Morgan fingerprint density at radius 2 is 1.87 bits per heavy atom. The fourth-order valence-corrected chi connectivity index (χ4v) is 0.894. The predicted octanol–water partition coefficient (Wildman–Crippen LogP) is 2.81. The number of hydrogen-bond donors (Lipinski definition) is 0. The maximum absolute atomic E-state index is 12.7. The van der Waals surface area contributed by atoms with E-state index in [1.807, 2.05) is 0 Å². The lowest BCUT2D eigenvalue weighted by Crippen LogP contribution is -2.31. The Morgan fingerprint density at radius 3 is 2.27 bits per heavy atom. The molecule has 0 unspecified atom stereocenters. The molecule has 0 rings (SSSR count). The zero-order valence-corrected chi connectivity index (χ0v) is 8.11. The van der Waals surface area contributed by atoms with Crippen LogP contribution >= 0.6 is 0 Å². The van der Waals surface area contributed by atoms with Crippen LogP contribution in [0.25, 0.3) is 0 Å². The van der Waals surface area contributed by atoms with E-state index in [9.17, 15) is 26.5 Å². The zero-order valence-electron chi connectivity index (χ0n) is 8.11. The van der Waals surface area contributed by atoms with Crippen molar-refractivity contribution in [3.63, 3.8) is 0 Å². The molecule has 0 heterocycles. The number of carbonyl (C=O) groups is 1. The lowest BCUT2D eigenvalue weighted by Gasteiger charge is -2.17. The first-order valence-electron chi connectivity index (χ1n) is 4.45. The normalized spacial score (nSPS) is 12.7. The highest BCUT2D eigenvalue weighted by atomic mass is 19.4. The van der Waals surface area contributed by atoms with Crippen molar-refractivity contribution < 1.29 is 31.3 Å². The molecular weight excluding hydrogens is 222 g/mol. The molecule has 0 atom stereocenters. The van der Waals surface area contributed by atoms with Crippen molar-refractivity contribution in [3.8, 4) is 0 Å². The summed E-state index contributed by atoms with van der Waals surface area (Å²) in [6, 6.07) is 0. The molecule has 15 heavy (non-hydrogen) atoms. The molecule has 0 N–H and O–H groups in total. The number of halogens is 5. The second-order valence-electron chi connectivity index (χ2n) is 3.03. The number of hydrogen-bond acceptors (Lipinski definition) is 2. The van der Waals surface area contributed by atoms with E-state index in [1.165, 1.54) is 6.92 Å². The topological polar surface area (TPSA) is 26.3 Å². The van der Waals surface area contributed by atoms with Crippen LogP contribution in [-0.2, 0) is 9.53 Å². The Hall–Kier alpha value is -0.815. The van der Waals surface area contributed by atoms with Gasteiger partial charge in [0, 0.05) is 6.42 Å². The summed E-state index contributed by atoms with van der Waals surface area (Å²) >= 11 is 0. The van der Waals surface area contributed by atoms with Gasteiger partial charge < -0.3 is 17.7 Å². The first kappa shape index (κ1) is 14.2. The van der Waals surface area contributed by atoms with Crippen LogP contribution in [-0.4, -0.2) is 25.5 Å². The van der Waals surface area contributed by atoms with E-state index in [4.69, 9.17) is 0 Å². The number of alkyl halides is 2. The van der Waals surface area contributed by atoms with Crippen molar-refractivity contribution >= 4 is 12.9 Å². The average Bonchev–Trinajstić information content (AvgIpc) is 2.01. The summed E-state index contributed by atoms with van der Waals surface area (Å²) in [6.07, 6.45) is -3.17. The van der Waals surface area contributed by atoms with Gasteiger partial charge >= 0.3 is 18.9 Å². The van der Waals surface area contributed by atoms with E-state index in [2.05, 4.69) is 4.74 Å². The van der Waals surface area contributed by atoms with Gasteiger partial charge in [-0.05, 0) is 6.92 Å². The minimum absolute atomic E-state index is 0.225. The van der Waals surface area contributed by atoms with Crippen molar-refractivity contribution in [1.29, 1.82) is 0 Å². The standard InChI is InChI=1S/C7H11BF5O2/c1-2-15-6(14)7(9,10)4-3-5-8(11,12)13/h2-5H2,1H3/q-1. The van der Waals surface area contributed by atoms with E-state index in [-0.39, 0.29) is 6.61 Å². The van der Waals surface area contributed by atoms with E-state index in [0.717, 1.165) is 0 Å². The van der Waals surface area contributed by atoms with Gasteiger partial charge in [0.15, 0.2) is 0 Å². The summed E-state index contributed by atoms with van der Waals surface area (Å²) in [7, 11) is 0. The second kappa shape index (κ2) is 5.32. The quantitative estimate of drug-likeness (QED) is 0.400. The fourth-order valence-electron chi connectivity index (χ4n) is 0.894. The number of rotatable bonds is 6. The Balaban J connectivity index is 3.99. The summed E-state index contributed by atoms with van der Waals surface area (Å²) in [6.45, 7) is -3.96. The molecule has 0 fully saturated rings. The maximum atomic E-state index is 12.7. The van der Waals surface area contributed by atoms with Crippen LogP contribution in [0.1, 0.15) is 19.8 Å². The van der Waals surface area contributed by atoms with Crippen molar-refractivity contribution in [2.45, 2.75) is 32.0 Å². The lowest BCUT2D eigenvalue weighted by atomic mass is 9.83. The maximum Gasteiger partial charge on any atom is 0.478 e. The zero-order chi connectivity index (χ0) is 12.1. The Bertz CT molecular complexity index is 216. The number of ether oxygens (including phenoxy) is 1. The van der Waals surface area contributed by atoms with E-state index in [1.54, 1.807) is 0 Å². The van der Waals surface area contributed by atoms with Gasteiger partial charge in [-0.25, -0.2) is 4.79 Å². The molecule has 0 saturated heterocycles. The molecule has 0 radical (unpaired) electrons. The summed E-state index contributed by atoms with van der Waals surface area (Å²) < 4.78 is 64.6. The van der Waals surface area contributed by atoms with Crippen LogP contribution in [0.4, 0.5) is 21.7 Å². The second-order valence-corrected chi connectivity index (χ2v) is 3.03. The summed E-state index contributed by atoms with van der Waals surface area (Å²) in [4.78, 5) is 10.6. The van der Waals surface area contributed by atoms with E-state index >= 15 is 0 Å². The molecule has 90 valence electrons. The molecule has 0 aliphatic heterocycles. The molecule has 0 aliphatic rings. The first-order chi connectivity index (χ1) is 6.69. The highest BCUT2D eigenvalue weighted by Crippen LogP contribution is 2.26. The largest absolute Gasteiger partial charge is 0.478 e. The van der Waals surface area contributed by atoms with Crippen LogP contribution in [0.3, 0.4) is 0 Å². The van der Waals surface area contributed by atoms with Gasteiger partial charge in [-0.2, -0.15) is 8.78 Å². The molecule has 0 aromatic heterocycles. The van der Waals surface area contributed by atoms with Crippen molar-refractivity contribution in [1.82, 2.24) is 0 Å². The highest BCUT2D eigenvalue weighted by molar-refractivity contribution is 6.58. The molecule has 2 nitrogen and oxygen atoms in total. The third kappa shape index (κ3) is 6.30. The van der Waals surface area contributed by atoms with E-state index < -0.39 is 38.0 Å². The Morgan fingerprint density at radius 1 is 1.33 bits per heavy atom. The van der Waals surface area contributed by atoms with Gasteiger partial charge in [0.05, 0.1) is 6.61 Å². The summed E-state index contributed by atoms with van der Waals surface area (Å²) in [5.74, 6) is -5.59. The van der Waals surface area contributed by atoms with E-state index in [0.29, 0.717) is 0 Å². The van der Waals surface area contributed by atoms with Crippen LogP contribution < -0.4 is 0 Å². The van der Waals surface area contributed by atoms with Gasteiger partial charge in [-0.15, -0.1) is 0 Å². The third-order valence-electron chi connectivity index (χ3n) is 1.60. The summed E-state index contributed by atoms with van der Waals surface area (Å²) in [5, 5.41) is 0. The van der Waals surface area contributed by atoms with Crippen LogP contribution in [0.15, 0.2) is 0 Å². The predicted molar refractivity (Wildman–Crippen MR) is 44.7 cm³/mol. The van der Waals surface area contributed by atoms with Crippen molar-refractivity contribution in [2.75, 3.05) is 6.61 Å². The third-order valence-corrected chi connectivity index (χ3v) is 1.60. The molecule has 0 spiro atoms. The molecule has 0 bridgehead atoms. The van der Waals surface area contributed by atoms with Gasteiger partial charge in [0.2, 0.25) is 0 Å². The average molecular weight is 233 g/mol. The molecular formula is C7H11BF5O2-. The summed E-state index contributed by atoms with van der Waals surface area (Å²) in [5.41, 5.74) is 0. The molecule has 8 heteroatoms. The first-order valence-corrected chi connectivity index (χ1v) is 4.45. The number of carbonyl (C=O) groups excluding carboxylic acids is 1. The molecule has 0 aromatic rings. The minimum Gasteiger partial charge on any atom is -0.462 e. The molecule has 0 aliphatic carbocycles. The Labute approximate surface area is 83.8 Å². The van der Waals surface area contributed by atoms with Crippen LogP contribution in [0, 0.1) is 0 Å². The van der Waals surface area contributed by atoms with Crippen LogP contribution in [0.5, 0.6) is 0 Å². The smallest absolute Gasteiger partial charge is 0.462 e. The fraction of sp³-hybridized carbons (Fsp3) is 0.857. The van der Waals surface area contributed by atoms with Gasteiger partial charge in [-0.3, -0.25) is 0 Å².